The van der Waals surface area contributed by atoms with E-state index in [2.05, 4.69) is 16.9 Å². The summed E-state index contributed by atoms with van der Waals surface area (Å²) >= 11 is 0. The molecule has 1 saturated heterocycles. The average Bonchev–Trinajstić information content (AvgIpc) is 3.11. The van der Waals surface area contributed by atoms with Gasteiger partial charge < -0.3 is 15.1 Å². The van der Waals surface area contributed by atoms with Crippen LogP contribution in [0.3, 0.4) is 0 Å². The molecular formula is C19H25F3N4O. The van der Waals surface area contributed by atoms with E-state index in [0.29, 0.717) is 31.2 Å². The molecule has 1 aliphatic heterocycles. The van der Waals surface area contributed by atoms with Crippen molar-refractivity contribution in [3.63, 3.8) is 0 Å². The van der Waals surface area contributed by atoms with Gasteiger partial charge in [-0.25, -0.2) is 4.99 Å². The van der Waals surface area contributed by atoms with Gasteiger partial charge >= 0.3 is 6.18 Å². The molecule has 148 valence electrons. The van der Waals surface area contributed by atoms with Crippen LogP contribution < -0.4 is 5.32 Å². The van der Waals surface area contributed by atoms with Crippen molar-refractivity contribution in [3.05, 3.63) is 48.0 Å². The first-order chi connectivity index (χ1) is 12.7. The number of likely N-dealkylation sites (N-methyl/N-ethyl adjacent to an activating group) is 1. The van der Waals surface area contributed by atoms with Crippen molar-refractivity contribution in [2.75, 3.05) is 40.3 Å². The fraction of sp³-hybridized carbons (Fsp3) is 0.474. The van der Waals surface area contributed by atoms with Gasteiger partial charge in [-0.1, -0.05) is 24.3 Å². The second kappa shape index (κ2) is 8.92. The van der Waals surface area contributed by atoms with Gasteiger partial charge in [0.1, 0.15) is 6.54 Å². The molecule has 2 rings (SSSR count). The Morgan fingerprint density at radius 1 is 1.44 bits per heavy atom. The number of halogens is 3. The van der Waals surface area contributed by atoms with Crippen LogP contribution in [0.5, 0.6) is 0 Å². The Hall–Kier alpha value is -2.51. The molecular weight excluding hydrogens is 357 g/mol. The Kier molecular flexibility index (Phi) is 6.87. The lowest BCUT2D eigenvalue weighted by atomic mass is 9.96. The van der Waals surface area contributed by atoms with Gasteiger partial charge in [-0.15, -0.1) is 6.58 Å². The van der Waals surface area contributed by atoms with Crippen LogP contribution in [0.1, 0.15) is 23.5 Å². The summed E-state index contributed by atoms with van der Waals surface area (Å²) in [6.07, 6.45) is -1.94. The molecule has 1 aliphatic rings. The molecule has 1 aromatic carbocycles. The summed E-state index contributed by atoms with van der Waals surface area (Å²) in [5.74, 6) is 0.425. The lowest BCUT2D eigenvalue weighted by Crippen LogP contribution is -2.41. The number of carbonyl (C=O) groups excluding carboxylic acids is 1. The number of amides is 1. The Bertz CT molecular complexity index is 700. The number of benzene rings is 1. The lowest BCUT2D eigenvalue weighted by Gasteiger charge is -2.22. The zero-order valence-electron chi connectivity index (χ0n) is 15.6. The van der Waals surface area contributed by atoms with E-state index in [0.717, 1.165) is 12.5 Å². The normalized spacial score (nSPS) is 17.7. The molecule has 1 heterocycles. The molecule has 0 spiro atoms. The Balaban J connectivity index is 2.12. The zero-order valence-corrected chi connectivity index (χ0v) is 15.6. The molecule has 0 saturated carbocycles. The van der Waals surface area contributed by atoms with Gasteiger partial charge in [-0.3, -0.25) is 4.79 Å². The first-order valence-electron chi connectivity index (χ1n) is 8.74. The van der Waals surface area contributed by atoms with Gasteiger partial charge in [0.15, 0.2) is 5.96 Å². The molecule has 1 amide bonds. The van der Waals surface area contributed by atoms with Crippen LogP contribution >= 0.6 is 0 Å². The maximum absolute atomic E-state index is 13.0. The van der Waals surface area contributed by atoms with E-state index in [1.807, 2.05) is 4.90 Å². The highest BCUT2D eigenvalue weighted by Crippen LogP contribution is 2.33. The third-order valence-electron chi connectivity index (χ3n) is 4.44. The van der Waals surface area contributed by atoms with Crippen molar-refractivity contribution in [1.29, 1.82) is 0 Å². The highest BCUT2D eigenvalue weighted by molar-refractivity contribution is 5.85. The molecule has 5 nitrogen and oxygen atoms in total. The molecule has 8 heteroatoms. The van der Waals surface area contributed by atoms with Crippen molar-refractivity contribution in [1.82, 2.24) is 15.1 Å². The van der Waals surface area contributed by atoms with Crippen molar-refractivity contribution < 1.29 is 18.0 Å². The number of guanidine groups is 1. The van der Waals surface area contributed by atoms with Crippen LogP contribution in [0, 0.1) is 0 Å². The average molecular weight is 382 g/mol. The molecule has 0 aliphatic carbocycles. The molecule has 1 N–H and O–H groups in total. The second-order valence-electron chi connectivity index (χ2n) is 6.65. The first kappa shape index (κ1) is 20.8. The van der Waals surface area contributed by atoms with E-state index in [4.69, 9.17) is 0 Å². The van der Waals surface area contributed by atoms with Gasteiger partial charge in [0.05, 0.1) is 5.56 Å². The summed E-state index contributed by atoms with van der Waals surface area (Å²) in [6, 6.07) is 5.48. The molecule has 27 heavy (non-hydrogen) atoms. The molecule has 0 aromatic heterocycles. The van der Waals surface area contributed by atoms with Gasteiger partial charge in [0.2, 0.25) is 5.91 Å². The highest BCUT2D eigenvalue weighted by atomic mass is 19.4. The van der Waals surface area contributed by atoms with Crippen LogP contribution in [0.15, 0.2) is 41.9 Å². The van der Waals surface area contributed by atoms with Crippen LogP contribution in [-0.4, -0.2) is 61.9 Å². The number of aliphatic imine (C=N–C) groups is 1. The fourth-order valence-corrected chi connectivity index (χ4v) is 2.91. The standard InChI is InChI=1S/C19H25F3N4O/c1-4-9-23-18(24-12-17(27)25(2)3)26-10-8-15(13-26)14-6-5-7-16(11-14)19(20,21)22/h4-7,11,15H,1,8-10,12-13H2,2-3H3,(H,23,24). The number of hydrogen-bond donors (Lipinski definition) is 1. The summed E-state index contributed by atoms with van der Waals surface area (Å²) in [5, 5.41) is 3.12. The number of rotatable bonds is 5. The van der Waals surface area contributed by atoms with Crippen molar-refractivity contribution in [2.24, 2.45) is 4.99 Å². The van der Waals surface area contributed by atoms with E-state index in [1.54, 1.807) is 26.2 Å². The maximum atomic E-state index is 13.0. The number of nitrogens with zero attached hydrogens (tertiary/aromatic N) is 3. The molecule has 1 aromatic rings. The summed E-state index contributed by atoms with van der Waals surface area (Å²) in [5.41, 5.74) is 0.0356. The summed E-state index contributed by atoms with van der Waals surface area (Å²) in [6.45, 7) is 5.35. The van der Waals surface area contributed by atoms with E-state index >= 15 is 0 Å². The predicted molar refractivity (Wildman–Crippen MR) is 99.6 cm³/mol. The quantitative estimate of drug-likeness (QED) is 0.484. The minimum absolute atomic E-state index is 0.0111. The van der Waals surface area contributed by atoms with Crippen LogP contribution in [0.4, 0.5) is 13.2 Å². The van der Waals surface area contributed by atoms with Crippen molar-refractivity contribution in [2.45, 2.75) is 18.5 Å². The molecule has 1 atom stereocenters. The zero-order chi connectivity index (χ0) is 20.0. The number of alkyl halides is 3. The van der Waals surface area contributed by atoms with Crippen LogP contribution in [-0.2, 0) is 11.0 Å². The summed E-state index contributed by atoms with van der Waals surface area (Å²) in [7, 11) is 3.32. The largest absolute Gasteiger partial charge is 0.416 e. The van der Waals surface area contributed by atoms with Gasteiger partial charge in [0.25, 0.3) is 0 Å². The van der Waals surface area contributed by atoms with E-state index in [9.17, 15) is 18.0 Å². The molecule has 1 fully saturated rings. The van der Waals surface area contributed by atoms with E-state index in [-0.39, 0.29) is 18.4 Å². The number of nitrogens with one attached hydrogen (secondary N) is 1. The summed E-state index contributed by atoms with van der Waals surface area (Å²) < 4.78 is 38.9. The van der Waals surface area contributed by atoms with Crippen LogP contribution in [0.2, 0.25) is 0 Å². The Labute approximate surface area is 157 Å². The molecule has 0 radical (unpaired) electrons. The monoisotopic (exact) mass is 382 g/mol. The van der Waals surface area contributed by atoms with Crippen LogP contribution in [0.25, 0.3) is 0 Å². The molecule has 0 bridgehead atoms. The minimum Gasteiger partial charge on any atom is -0.353 e. The Morgan fingerprint density at radius 2 is 2.19 bits per heavy atom. The van der Waals surface area contributed by atoms with E-state index in [1.165, 1.54) is 17.0 Å². The highest BCUT2D eigenvalue weighted by Gasteiger charge is 2.32. The Morgan fingerprint density at radius 3 is 2.81 bits per heavy atom. The maximum Gasteiger partial charge on any atom is 0.416 e. The third kappa shape index (κ3) is 5.74. The number of likely N-dealkylation sites (tertiary alicyclic amines) is 1. The van der Waals surface area contributed by atoms with Gasteiger partial charge in [0, 0.05) is 39.6 Å². The first-order valence-corrected chi connectivity index (χ1v) is 8.74. The fourth-order valence-electron chi connectivity index (χ4n) is 2.91. The summed E-state index contributed by atoms with van der Waals surface area (Å²) in [4.78, 5) is 19.6. The molecule has 1 unspecified atom stereocenters. The topological polar surface area (TPSA) is 47.9 Å². The number of carbonyl (C=O) groups is 1. The smallest absolute Gasteiger partial charge is 0.353 e. The lowest BCUT2D eigenvalue weighted by molar-refractivity contribution is -0.137. The SMILES string of the molecule is C=CCNC(=NCC(=O)N(C)C)N1CCC(c2cccc(C(F)(F)F)c2)C1. The van der Waals surface area contributed by atoms with Crippen molar-refractivity contribution in [3.8, 4) is 0 Å². The minimum atomic E-state index is -4.35. The van der Waals surface area contributed by atoms with Gasteiger partial charge in [-0.05, 0) is 18.1 Å². The van der Waals surface area contributed by atoms with Crippen molar-refractivity contribution >= 4 is 11.9 Å². The third-order valence-corrected chi connectivity index (χ3v) is 4.44. The van der Waals surface area contributed by atoms with Gasteiger partial charge in [-0.2, -0.15) is 13.2 Å². The second-order valence-corrected chi connectivity index (χ2v) is 6.65. The van der Waals surface area contributed by atoms with E-state index < -0.39 is 11.7 Å². The predicted octanol–water partition coefficient (Wildman–Crippen LogP) is 2.71. The number of hydrogen-bond acceptors (Lipinski definition) is 2.